The maximum absolute atomic E-state index is 13.5. The van der Waals surface area contributed by atoms with Gasteiger partial charge in [-0.2, -0.15) is 0 Å². The lowest BCUT2D eigenvalue weighted by molar-refractivity contribution is -0.136. The molecule has 8 heteroatoms. The number of nitrogens with zero attached hydrogens (tertiary/aromatic N) is 3. The smallest absolute Gasteiger partial charge is 0.338 e. The largest absolute Gasteiger partial charge is 0.466 e. The maximum atomic E-state index is 13.5. The molecule has 0 radical (unpaired) electrons. The Morgan fingerprint density at radius 3 is 2.53 bits per heavy atom. The monoisotopic (exact) mass is 467 g/mol. The summed E-state index contributed by atoms with van der Waals surface area (Å²) in [5, 5.41) is 1.94. The number of hydrogen-bond donors (Lipinski definition) is 0. The van der Waals surface area contributed by atoms with Crippen molar-refractivity contribution in [1.82, 2.24) is 4.57 Å². The molecule has 1 aliphatic rings. The van der Waals surface area contributed by atoms with Gasteiger partial charge in [-0.05, 0) is 56.0 Å². The fourth-order valence-electron chi connectivity index (χ4n) is 3.93. The fraction of sp³-hybridized carbons (Fsp3) is 0.292. The Balaban J connectivity index is 1.83. The molecule has 6 nitrogen and oxygen atoms in total. The van der Waals surface area contributed by atoms with Crippen LogP contribution in [0.2, 0.25) is 0 Å². The molecule has 32 heavy (non-hydrogen) atoms. The zero-order valence-corrected chi connectivity index (χ0v) is 20.1. The molecule has 0 amide bonds. The molecule has 166 valence electrons. The molecule has 0 saturated carbocycles. The highest BCUT2D eigenvalue weighted by Crippen LogP contribution is 2.32. The molecule has 0 saturated heterocycles. The fourth-order valence-corrected chi connectivity index (χ4v) is 5.80. The van der Waals surface area contributed by atoms with Crippen LogP contribution in [0.5, 0.6) is 0 Å². The maximum Gasteiger partial charge on any atom is 0.338 e. The second-order valence-electron chi connectivity index (χ2n) is 7.35. The molecule has 0 N–H and O–H groups in total. The first kappa shape index (κ1) is 22.2. The van der Waals surface area contributed by atoms with E-state index in [0.29, 0.717) is 20.6 Å². The van der Waals surface area contributed by atoms with Gasteiger partial charge in [0, 0.05) is 23.7 Å². The molecule has 1 aliphatic heterocycles. The van der Waals surface area contributed by atoms with Crippen molar-refractivity contribution < 1.29 is 9.53 Å². The summed E-state index contributed by atoms with van der Waals surface area (Å²) in [4.78, 5) is 34.4. The third-order valence-electron chi connectivity index (χ3n) is 5.56. The van der Waals surface area contributed by atoms with Crippen molar-refractivity contribution in [3.63, 3.8) is 0 Å². The van der Waals surface area contributed by atoms with Crippen molar-refractivity contribution in [2.75, 3.05) is 25.1 Å². The molecule has 0 unspecified atom stereocenters. The van der Waals surface area contributed by atoms with Gasteiger partial charge in [-0.15, -0.1) is 11.3 Å². The standard InChI is InChI=1S/C24H25N3O3S2/c1-5-26(6-2)17-11-9-16(10-12-17)14-19-22(28)27-21(18-8-7-13-31-18)20(23(29)30-4)15(3)25-24(27)32-19/h7-14,21H,5-6H2,1-4H3/b19-14+/t21-/m0/s1. The number of thiophene rings is 1. The SMILES string of the molecule is CCN(CC)c1ccc(/C=c2/sc3n(c2=O)[C@@H](c2cccs2)C(C(=O)OC)=C(C)N=3)cc1. The quantitative estimate of drug-likeness (QED) is 0.522. The second-order valence-corrected chi connectivity index (χ2v) is 9.34. The number of rotatable bonds is 6. The average molecular weight is 468 g/mol. The zero-order valence-electron chi connectivity index (χ0n) is 18.5. The third-order valence-corrected chi connectivity index (χ3v) is 7.47. The number of aromatic nitrogens is 1. The van der Waals surface area contributed by atoms with Crippen LogP contribution >= 0.6 is 22.7 Å². The van der Waals surface area contributed by atoms with Crippen molar-refractivity contribution in [1.29, 1.82) is 0 Å². The van der Waals surface area contributed by atoms with Crippen LogP contribution in [0, 0.1) is 0 Å². The summed E-state index contributed by atoms with van der Waals surface area (Å²) in [6, 6.07) is 11.5. The van der Waals surface area contributed by atoms with Crippen LogP contribution in [0.15, 0.2) is 62.8 Å². The Bertz CT molecular complexity index is 1330. The summed E-state index contributed by atoms with van der Waals surface area (Å²) in [7, 11) is 1.35. The molecule has 2 aromatic heterocycles. The lowest BCUT2D eigenvalue weighted by Crippen LogP contribution is -2.39. The number of esters is 1. The Kier molecular flexibility index (Phi) is 6.43. The molecule has 3 aromatic rings. The van der Waals surface area contributed by atoms with E-state index in [1.54, 1.807) is 11.5 Å². The molecule has 1 atom stereocenters. The van der Waals surface area contributed by atoms with Crippen LogP contribution < -0.4 is 19.8 Å². The predicted octanol–water partition coefficient (Wildman–Crippen LogP) is 3.32. The predicted molar refractivity (Wildman–Crippen MR) is 130 cm³/mol. The number of carbonyl (C=O) groups is 1. The van der Waals surface area contributed by atoms with Crippen molar-refractivity contribution in [2.45, 2.75) is 26.8 Å². The highest BCUT2D eigenvalue weighted by atomic mass is 32.1. The second kappa shape index (κ2) is 9.26. The van der Waals surface area contributed by atoms with Gasteiger partial charge < -0.3 is 9.64 Å². The van der Waals surface area contributed by atoms with Gasteiger partial charge in [-0.1, -0.05) is 29.5 Å². The van der Waals surface area contributed by atoms with Crippen molar-refractivity contribution in [3.8, 4) is 0 Å². The molecule has 0 fully saturated rings. The van der Waals surface area contributed by atoms with Crippen LogP contribution in [0.1, 0.15) is 37.3 Å². The normalized spacial score (nSPS) is 16.0. The summed E-state index contributed by atoms with van der Waals surface area (Å²) in [6.07, 6.45) is 1.89. The molecule has 0 spiro atoms. The van der Waals surface area contributed by atoms with E-state index in [9.17, 15) is 9.59 Å². The van der Waals surface area contributed by atoms with Crippen molar-refractivity contribution >= 4 is 40.4 Å². The van der Waals surface area contributed by atoms with E-state index in [4.69, 9.17) is 4.74 Å². The summed E-state index contributed by atoms with van der Waals surface area (Å²) < 4.78 is 7.22. The number of fused-ring (bicyclic) bond motifs is 1. The van der Waals surface area contributed by atoms with Crippen molar-refractivity contribution in [3.05, 3.63) is 83.2 Å². The third kappa shape index (κ3) is 3.96. The lowest BCUT2D eigenvalue weighted by atomic mass is 10.0. The highest BCUT2D eigenvalue weighted by molar-refractivity contribution is 7.10. The van der Waals surface area contributed by atoms with Crippen LogP contribution in [-0.2, 0) is 9.53 Å². The van der Waals surface area contributed by atoms with Gasteiger partial charge in [0.15, 0.2) is 4.80 Å². The summed E-state index contributed by atoms with van der Waals surface area (Å²) >= 11 is 2.84. The topological polar surface area (TPSA) is 63.9 Å². The van der Waals surface area contributed by atoms with E-state index < -0.39 is 12.0 Å². The van der Waals surface area contributed by atoms with Gasteiger partial charge >= 0.3 is 5.97 Å². The first-order valence-electron chi connectivity index (χ1n) is 10.5. The van der Waals surface area contributed by atoms with E-state index >= 15 is 0 Å². The summed E-state index contributed by atoms with van der Waals surface area (Å²) in [5.41, 5.74) is 2.92. The van der Waals surface area contributed by atoms with Gasteiger partial charge in [-0.3, -0.25) is 9.36 Å². The molecular formula is C24H25N3O3S2. The number of hydrogen-bond acceptors (Lipinski definition) is 7. The van der Waals surface area contributed by atoms with Crippen LogP contribution in [0.3, 0.4) is 0 Å². The van der Waals surface area contributed by atoms with Gasteiger partial charge in [0.25, 0.3) is 5.56 Å². The number of ether oxygens (including phenoxy) is 1. The number of allylic oxidation sites excluding steroid dienone is 1. The van der Waals surface area contributed by atoms with E-state index in [2.05, 4.69) is 35.9 Å². The summed E-state index contributed by atoms with van der Waals surface area (Å²) in [5.74, 6) is -0.467. The van der Waals surface area contributed by atoms with Crippen LogP contribution in [0.25, 0.3) is 6.08 Å². The molecule has 3 heterocycles. The Hall–Kier alpha value is -2.97. The number of carbonyl (C=O) groups excluding carboxylic acids is 1. The number of anilines is 1. The Labute approximate surface area is 194 Å². The van der Waals surface area contributed by atoms with Gasteiger partial charge in [0.2, 0.25) is 0 Å². The van der Waals surface area contributed by atoms with Gasteiger partial charge in [-0.25, -0.2) is 9.79 Å². The van der Waals surface area contributed by atoms with Crippen LogP contribution in [-0.4, -0.2) is 30.7 Å². The first-order valence-corrected chi connectivity index (χ1v) is 12.2. The van der Waals surface area contributed by atoms with E-state index in [0.717, 1.165) is 29.2 Å². The van der Waals surface area contributed by atoms with E-state index in [1.807, 2.05) is 35.7 Å². The van der Waals surface area contributed by atoms with Crippen molar-refractivity contribution in [2.24, 2.45) is 4.99 Å². The summed E-state index contributed by atoms with van der Waals surface area (Å²) in [6.45, 7) is 7.94. The molecular weight excluding hydrogens is 442 g/mol. The number of methoxy groups -OCH3 is 1. The van der Waals surface area contributed by atoms with E-state index in [1.165, 1.54) is 29.8 Å². The lowest BCUT2D eigenvalue weighted by Gasteiger charge is -2.22. The minimum atomic E-state index is -0.536. The minimum absolute atomic E-state index is 0.158. The number of thiazole rings is 1. The first-order chi connectivity index (χ1) is 15.5. The molecule has 0 bridgehead atoms. The Morgan fingerprint density at radius 1 is 1.22 bits per heavy atom. The Morgan fingerprint density at radius 2 is 1.94 bits per heavy atom. The molecule has 1 aromatic carbocycles. The van der Waals surface area contributed by atoms with E-state index in [-0.39, 0.29) is 5.56 Å². The molecule has 4 rings (SSSR count). The zero-order chi connectivity index (χ0) is 22.8. The van der Waals surface area contributed by atoms with Gasteiger partial charge in [0.1, 0.15) is 6.04 Å². The minimum Gasteiger partial charge on any atom is -0.466 e. The van der Waals surface area contributed by atoms with Gasteiger partial charge in [0.05, 0.1) is 22.9 Å². The average Bonchev–Trinajstić information content (AvgIpc) is 3.43. The van der Waals surface area contributed by atoms with Crippen LogP contribution in [0.4, 0.5) is 5.69 Å². The number of benzene rings is 1. The molecule has 0 aliphatic carbocycles. The highest BCUT2D eigenvalue weighted by Gasteiger charge is 2.33.